The Morgan fingerprint density at radius 3 is 2.79 bits per heavy atom. The van der Waals surface area contributed by atoms with Crippen molar-refractivity contribution in [2.75, 3.05) is 0 Å². The van der Waals surface area contributed by atoms with E-state index in [2.05, 4.69) is 9.97 Å². The first-order valence-electron chi connectivity index (χ1n) is 4.86. The Labute approximate surface area is 88.7 Å². The Balaban J connectivity index is 2.08. The van der Waals surface area contributed by atoms with Crippen molar-refractivity contribution in [3.05, 3.63) is 22.7 Å². The number of nitrogens with zero attached hydrogens (tertiary/aromatic N) is 2. The number of rotatable bonds is 3. The molecule has 0 spiro atoms. The van der Waals surface area contributed by atoms with Crippen LogP contribution < -0.4 is 5.73 Å². The topological polar surface area (TPSA) is 51.8 Å². The van der Waals surface area contributed by atoms with Crippen LogP contribution in [0.2, 0.25) is 5.15 Å². The number of hydrogen-bond donors (Lipinski definition) is 1. The van der Waals surface area contributed by atoms with Crippen molar-refractivity contribution < 1.29 is 0 Å². The molecule has 4 heteroatoms. The van der Waals surface area contributed by atoms with Gasteiger partial charge in [0.15, 0.2) is 0 Å². The van der Waals surface area contributed by atoms with Crippen molar-refractivity contribution in [2.24, 2.45) is 5.73 Å². The van der Waals surface area contributed by atoms with E-state index in [1.54, 1.807) is 0 Å². The molecule has 0 bridgehead atoms. The first-order valence-corrected chi connectivity index (χ1v) is 5.23. The van der Waals surface area contributed by atoms with E-state index in [-0.39, 0.29) is 5.54 Å². The SMILES string of the molecule is Cc1ncnc(Cl)c1CCC1(N)CC1. The molecule has 0 aliphatic heterocycles. The molecule has 14 heavy (non-hydrogen) atoms. The molecule has 0 atom stereocenters. The van der Waals surface area contributed by atoms with Crippen LogP contribution in [0, 0.1) is 6.92 Å². The van der Waals surface area contributed by atoms with Gasteiger partial charge in [-0.3, -0.25) is 0 Å². The van der Waals surface area contributed by atoms with Crippen molar-refractivity contribution in [3.8, 4) is 0 Å². The van der Waals surface area contributed by atoms with Crippen molar-refractivity contribution in [3.63, 3.8) is 0 Å². The van der Waals surface area contributed by atoms with Crippen LogP contribution in [0.25, 0.3) is 0 Å². The highest BCUT2D eigenvalue weighted by atomic mass is 35.5. The standard InChI is InChI=1S/C10H14ClN3/c1-7-8(9(11)14-6-13-7)2-3-10(12)4-5-10/h6H,2-5,12H2,1H3. The Morgan fingerprint density at radius 1 is 1.50 bits per heavy atom. The summed E-state index contributed by atoms with van der Waals surface area (Å²) in [5.41, 5.74) is 8.10. The van der Waals surface area contributed by atoms with Crippen LogP contribution >= 0.6 is 11.6 Å². The third-order valence-corrected chi connectivity index (χ3v) is 3.20. The summed E-state index contributed by atoms with van der Waals surface area (Å²) in [6.45, 7) is 1.96. The van der Waals surface area contributed by atoms with Crippen molar-refractivity contribution >= 4 is 11.6 Å². The predicted octanol–water partition coefficient (Wildman–Crippen LogP) is 1.86. The van der Waals surface area contributed by atoms with Crippen LogP contribution in [-0.2, 0) is 6.42 Å². The van der Waals surface area contributed by atoms with E-state index in [1.807, 2.05) is 6.92 Å². The van der Waals surface area contributed by atoms with E-state index < -0.39 is 0 Å². The lowest BCUT2D eigenvalue weighted by Crippen LogP contribution is -2.22. The fourth-order valence-electron chi connectivity index (χ4n) is 1.54. The Hall–Kier alpha value is -0.670. The molecule has 1 aliphatic rings. The molecule has 0 radical (unpaired) electrons. The van der Waals surface area contributed by atoms with E-state index >= 15 is 0 Å². The first-order chi connectivity index (χ1) is 6.61. The summed E-state index contributed by atoms with van der Waals surface area (Å²) in [4.78, 5) is 8.10. The normalized spacial score (nSPS) is 18.2. The zero-order valence-electron chi connectivity index (χ0n) is 8.26. The molecule has 2 rings (SSSR count). The van der Waals surface area contributed by atoms with Gasteiger partial charge in [0.2, 0.25) is 0 Å². The van der Waals surface area contributed by atoms with Crippen LogP contribution in [0.1, 0.15) is 30.5 Å². The van der Waals surface area contributed by atoms with E-state index in [9.17, 15) is 0 Å². The Morgan fingerprint density at radius 2 is 2.21 bits per heavy atom. The molecule has 0 unspecified atom stereocenters. The molecule has 2 N–H and O–H groups in total. The zero-order chi connectivity index (χ0) is 10.2. The first kappa shape index (κ1) is 9.87. The number of aromatic nitrogens is 2. The van der Waals surface area contributed by atoms with Crippen molar-refractivity contribution in [1.82, 2.24) is 9.97 Å². The molecule has 1 aromatic heterocycles. The van der Waals surface area contributed by atoms with Gasteiger partial charge in [-0.25, -0.2) is 9.97 Å². The van der Waals surface area contributed by atoms with Crippen molar-refractivity contribution in [2.45, 2.75) is 38.1 Å². The van der Waals surface area contributed by atoms with Crippen LogP contribution in [0.15, 0.2) is 6.33 Å². The molecule has 1 heterocycles. The van der Waals surface area contributed by atoms with E-state index in [0.717, 1.165) is 36.9 Å². The van der Waals surface area contributed by atoms with Gasteiger partial charge >= 0.3 is 0 Å². The Bertz CT molecular complexity index is 327. The lowest BCUT2D eigenvalue weighted by molar-refractivity contribution is 0.606. The quantitative estimate of drug-likeness (QED) is 0.777. The van der Waals surface area contributed by atoms with Gasteiger partial charge in [-0.15, -0.1) is 0 Å². The largest absolute Gasteiger partial charge is 0.325 e. The molecule has 1 aliphatic carbocycles. The zero-order valence-corrected chi connectivity index (χ0v) is 9.01. The smallest absolute Gasteiger partial charge is 0.135 e. The number of aryl methyl sites for hydroxylation is 1. The van der Waals surface area contributed by atoms with E-state index in [0.29, 0.717) is 5.15 Å². The predicted molar refractivity (Wildman–Crippen MR) is 56.3 cm³/mol. The molecular formula is C10H14ClN3. The van der Waals surface area contributed by atoms with Gasteiger partial charge in [-0.05, 0) is 32.6 Å². The molecule has 0 aromatic carbocycles. The van der Waals surface area contributed by atoms with Gasteiger partial charge < -0.3 is 5.73 Å². The molecule has 0 amide bonds. The summed E-state index contributed by atoms with van der Waals surface area (Å²) in [6, 6.07) is 0. The summed E-state index contributed by atoms with van der Waals surface area (Å²) in [7, 11) is 0. The molecule has 1 saturated carbocycles. The van der Waals surface area contributed by atoms with Gasteiger partial charge in [0, 0.05) is 16.8 Å². The summed E-state index contributed by atoms with van der Waals surface area (Å²) >= 11 is 5.99. The highest BCUT2D eigenvalue weighted by Gasteiger charge is 2.37. The van der Waals surface area contributed by atoms with E-state index in [4.69, 9.17) is 17.3 Å². The third kappa shape index (κ3) is 2.04. The minimum absolute atomic E-state index is 0.0750. The number of hydrogen-bond acceptors (Lipinski definition) is 3. The minimum atomic E-state index is 0.0750. The third-order valence-electron chi connectivity index (χ3n) is 2.87. The number of nitrogens with two attached hydrogens (primary N) is 1. The fraction of sp³-hybridized carbons (Fsp3) is 0.600. The number of halogens is 1. The summed E-state index contributed by atoms with van der Waals surface area (Å²) in [5, 5.41) is 0.571. The van der Waals surface area contributed by atoms with Crippen LogP contribution in [0.4, 0.5) is 0 Å². The van der Waals surface area contributed by atoms with Crippen LogP contribution in [0.5, 0.6) is 0 Å². The molecule has 1 aromatic rings. The summed E-state index contributed by atoms with van der Waals surface area (Å²) in [5.74, 6) is 0. The van der Waals surface area contributed by atoms with Gasteiger partial charge in [-0.1, -0.05) is 11.6 Å². The maximum atomic E-state index is 6.01. The maximum absolute atomic E-state index is 6.01. The summed E-state index contributed by atoms with van der Waals surface area (Å²) < 4.78 is 0. The lowest BCUT2D eigenvalue weighted by atomic mass is 10.0. The van der Waals surface area contributed by atoms with Gasteiger partial charge in [0.25, 0.3) is 0 Å². The lowest BCUT2D eigenvalue weighted by Gasteiger charge is -2.10. The molecule has 76 valence electrons. The Kier molecular flexibility index (Phi) is 2.45. The van der Waals surface area contributed by atoms with E-state index in [1.165, 1.54) is 6.33 Å². The average Bonchev–Trinajstić information content (AvgIpc) is 2.83. The van der Waals surface area contributed by atoms with Crippen molar-refractivity contribution in [1.29, 1.82) is 0 Å². The second-order valence-electron chi connectivity index (χ2n) is 4.09. The molecule has 1 fully saturated rings. The second kappa shape index (κ2) is 3.48. The highest BCUT2D eigenvalue weighted by molar-refractivity contribution is 6.30. The summed E-state index contributed by atoms with van der Waals surface area (Å²) in [6.07, 6.45) is 5.65. The molecular weight excluding hydrogens is 198 g/mol. The highest BCUT2D eigenvalue weighted by Crippen LogP contribution is 2.37. The fourth-order valence-corrected chi connectivity index (χ4v) is 1.81. The molecule has 0 saturated heterocycles. The average molecular weight is 212 g/mol. The van der Waals surface area contributed by atoms with Gasteiger partial charge in [0.05, 0.1) is 0 Å². The van der Waals surface area contributed by atoms with Gasteiger partial charge in [-0.2, -0.15) is 0 Å². The molecule has 3 nitrogen and oxygen atoms in total. The van der Waals surface area contributed by atoms with Crippen LogP contribution in [0.3, 0.4) is 0 Å². The monoisotopic (exact) mass is 211 g/mol. The maximum Gasteiger partial charge on any atom is 0.135 e. The van der Waals surface area contributed by atoms with Gasteiger partial charge in [0.1, 0.15) is 11.5 Å². The minimum Gasteiger partial charge on any atom is -0.325 e. The second-order valence-corrected chi connectivity index (χ2v) is 4.45. The van der Waals surface area contributed by atoms with Crippen LogP contribution in [-0.4, -0.2) is 15.5 Å².